The number of aliphatic imine (C=N–C) groups is 1. The molecule has 7 heavy (non-hydrogen) atoms. The highest BCUT2D eigenvalue weighted by molar-refractivity contribution is 7.78. The first-order chi connectivity index (χ1) is 3.31. The molecule has 0 aliphatic rings. The molecular weight excluding hydrogens is 108 g/mol. The van der Waals surface area contributed by atoms with E-state index in [0.717, 1.165) is 5.84 Å². The van der Waals surface area contributed by atoms with Crippen molar-refractivity contribution in [1.82, 2.24) is 5.32 Å². The van der Waals surface area contributed by atoms with Crippen molar-refractivity contribution in [3.8, 4) is 0 Å². The highest BCUT2D eigenvalue weighted by Gasteiger charge is 1.75. The van der Waals surface area contributed by atoms with Crippen LogP contribution in [0.25, 0.3) is 0 Å². The lowest BCUT2D eigenvalue weighted by atomic mass is 10.7. The molecule has 0 saturated carbocycles. The van der Waals surface area contributed by atoms with Gasteiger partial charge in [-0.05, 0) is 6.92 Å². The molecule has 40 valence electrons. The summed E-state index contributed by atoms with van der Waals surface area (Å²) < 4.78 is 0. The summed E-state index contributed by atoms with van der Waals surface area (Å²) in [6, 6.07) is 0. The first-order valence-electron chi connectivity index (χ1n) is 1.95. The molecule has 1 N–H and O–H groups in total. The maximum atomic E-state index is 4.48. The summed E-state index contributed by atoms with van der Waals surface area (Å²) >= 11 is 4.48. The van der Waals surface area contributed by atoms with Crippen molar-refractivity contribution >= 4 is 23.5 Å². The molecule has 0 aromatic rings. The van der Waals surface area contributed by atoms with Gasteiger partial charge in [0.1, 0.15) is 0 Å². The first kappa shape index (κ1) is 6.56. The van der Waals surface area contributed by atoms with Crippen molar-refractivity contribution in [3.05, 3.63) is 0 Å². The number of nitrogens with zero attached hydrogens (tertiary/aromatic N) is 1. The van der Waals surface area contributed by atoms with E-state index >= 15 is 0 Å². The molecule has 0 unspecified atom stereocenters. The van der Waals surface area contributed by atoms with Crippen molar-refractivity contribution in [3.63, 3.8) is 0 Å². The molecule has 0 aliphatic carbocycles. The molecular formula is C4H8N2S. The quantitative estimate of drug-likeness (QED) is 0.308. The SMILES string of the molecule is C/N=C(/C)NC=S. The Kier molecular flexibility index (Phi) is 3.50. The molecule has 0 aromatic carbocycles. The fraction of sp³-hybridized carbons (Fsp3) is 0.500. The zero-order valence-corrected chi connectivity index (χ0v) is 5.25. The van der Waals surface area contributed by atoms with Crippen molar-refractivity contribution in [2.45, 2.75) is 6.92 Å². The van der Waals surface area contributed by atoms with Crippen LogP contribution in [0.1, 0.15) is 6.92 Å². The van der Waals surface area contributed by atoms with Gasteiger partial charge in [0.25, 0.3) is 0 Å². The smallest absolute Gasteiger partial charge is 0.0973 e. The van der Waals surface area contributed by atoms with Gasteiger partial charge in [-0.2, -0.15) is 0 Å². The lowest BCUT2D eigenvalue weighted by Gasteiger charge is -1.90. The van der Waals surface area contributed by atoms with E-state index in [1.807, 2.05) is 6.92 Å². The average Bonchev–Trinajstić information content (AvgIpc) is 1.68. The lowest BCUT2D eigenvalue weighted by Crippen LogP contribution is -2.15. The van der Waals surface area contributed by atoms with Crippen LogP contribution in [-0.4, -0.2) is 18.4 Å². The van der Waals surface area contributed by atoms with Crippen molar-refractivity contribution < 1.29 is 0 Å². The Morgan fingerprint density at radius 2 is 2.43 bits per heavy atom. The van der Waals surface area contributed by atoms with Crippen LogP contribution in [0, 0.1) is 0 Å². The summed E-state index contributed by atoms with van der Waals surface area (Å²) in [7, 11) is 1.71. The number of hydrogen-bond donors (Lipinski definition) is 1. The Balaban J connectivity index is 3.36. The highest BCUT2D eigenvalue weighted by atomic mass is 32.1. The van der Waals surface area contributed by atoms with Crippen LogP contribution in [-0.2, 0) is 0 Å². The molecule has 0 saturated heterocycles. The van der Waals surface area contributed by atoms with Gasteiger partial charge in [-0.3, -0.25) is 4.99 Å². The Morgan fingerprint density at radius 3 is 2.57 bits per heavy atom. The molecule has 0 fully saturated rings. The van der Waals surface area contributed by atoms with Crippen LogP contribution >= 0.6 is 12.2 Å². The third kappa shape index (κ3) is 3.39. The summed E-state index contributed by atoms with van der Waals surface area (Å²) in [5.74, 6) is 0.843. The highest BCUT2D eigenvalue weighted by Crippen LogP contribution is 1.61. The van der Waals surface area contributed by atoms with Gasteiger partial charge in [0.2, 0.25) is 0 Å². The number of amidine groups is 1. The molecule has 0 heterocycles. The van der Waals surface area contributed by atoms with Gasteiger partial charge >= 0.3 is 0 Å². The second kappa shape index (κ2) is 3.74. The van der Waals surface area contributed by atoms with Gasteiger partial charge in [0, 0.05) is 7.05 Å². The van der Waals surface area contributed by atoms with Crippen LogP contribution in [0.4, 0.5) is 0 Å². The third-order valence-electron chi connectivity index (χ3n) is 0.603. The standard InChI is InChI=1S/C4H8N2S/c1-4(5-2)6-3-7/h3H,1-2H3,(H,5,6,7). The molecule has 0 aliphatic heterocycles. The van der Waals surface area contributed by atoms with Crippen LogP contribution in [0.3, 0.4) is 0 Å². The largest absolute Gasteiger partial charge is 0.341 e. The van der Waals surface area contributed by atoms with E-state index in [4.69, 9.17) is 0 Å². The number of nitrogens with one attached hydrogen (secondary N) is 1. The predicted molar refractivity (Wildman–Crippen MR) is 35.8 cm³/mol. The van der Waals surface area contributed by atoms with E-state index in [1.54, 1.807) is 7.05 Å². The zero-order valence-electron chi connectivity index (χ0n) is 4.43. The van der Waals surface area contributed by atoms with Gasteiger partial charge in [-0.1, -0.05) is 12.2 Å². The van der Waals surface area contributed by atoms with E-state index in [2.05, 4.69) is 22.5 Å². The van der Waals surface area contributed by atoms with Crippen molar-refractivity contribution in [1.29, 1.82) is 0 Å². The molecule has 0 atom stereocenters. The van der Waals surface area contributed by atoms with Crippen molar-refractivity contribution in [2.24, 2.45) is 4.99 Å². The maximum Gasteiger partial charge on any atom is 0.0973 e. The Labute approximate surface area is 48.6 Å². The van der Waals surface area contributed by atoms with Crippen LogP contribution in [0.15, 0.2) is 4.99 Å². The van der Waals surface area contributed by atoms with E-state index in [-0.39, 0.29) is 0 Å². The summed E-state index contributed by atoms with van der Waals surface area (Å²) in [5.41, 5.74) is 1.43. The second-order valence-corrected chi connectivity index (χ2v) is 1.31. The van der Waals surface area contributed by atoms with E-state index in [1.165, 1.54) is 5.49 Å². The number of thiocarbonyl (C=S) groups is 1. The normalized spacial score (nSPS) is 10.9. The van der Waals surface area contributed by atoms with E-state index < -0.39 is 0 Å². The third-order valence-corrected chi connectivity index (χ3v) is 0.721. The molecule has 0 spiro atoms. The predicted octanol–water partition coefficient (Wildman–Crippen LogP) is 0.581. The summed E-state index contributed by atoms with van der Waals surface area (Å²) in [5, 5.41) is 2.73. The van der Waals surface area contributed by atoms with Crippen LogP contribution in [0.5, 0.6) is 0 Å². The lowest BCUT2D eigenvalue weighted by molar-refractivity contribution is 1.31. The van der Waals surface area contributed by atoms with Gasteiger partial charge < -0.3 is 5.32 Å². The molecule has 0 rings (SSSR count). The first-order valence-corrected chi connectivity index (χ1v) is 2.42. The second-order valence-electron chi connectivity index (χ2n) is 1.07. The monoisotopic (exact) mass is 116 g/mol. The van der Waals surface area contributed by atoms with E-state index in [0.29, 0.717) is 0 Å². The van der Waals surface area contributed by atoms with Gasteiger partial charge in [0.15, 0.2) is 0 Å². The number of rotatable bonds is 1. The minimum absolute atomic E-state index is 0.843. The van der Waals surface area contributed by atoms with E-state index in [9.17, 15) is 0 Å². The topological polar surface area (TPSA) is 24.4 Å². The molecule has 0 radical (unpaired) electrons. The Bertz CT molecular complexity index is 87.7. The summed E-state index contributed by atoms with van der Waals surface area (Å²) in [6.07, 6.45) is 0. The maximum absolute atomic E-state index is 4.48. The molecule has 0 aromatic heterocycles. The van der Waals surface area contributed by atoms with Gasteiger partial charge in [-0.25, -0.2) is 0 Å². The van der Waals surface area contributed by atoms with Gasteiger partial charge in [0.05, 0.1) is 11.3 Å². The molecule has 0 amide bonds. The van der Waals surface area contributed by atoms with Gasteiger partial charge in [-0.15, -0.1) is 0 Å². The molecule has 3 heteroatoms. The summed E-state index contributed by atoms with van der Waals surface area (Å²) in [6.45, 7) is 1.85. The minimum atomic E-state index is 0.843. The fourth-order valence-corrected chi connectivity index (χ4v) is 0.320. The zero-order chi connectivity index (χ0) is 5.70. The molecule has 2 nitrogen and oxygen atoms in total. The Hall–Kier alpha value is -0.440. The fourth-order valence-electron chi connectivity index (χ4n) is 0.150. The number of hydrogen-bond acceptors (Lipinski definition) is 2. The summed E-state index contributed by atoms with van der Waals surface area (Å²) in [4.78, 5) is 3.79. The van der Waals surface area contributed by atoms with Crippen molar-refractivity contribution in [2.75, 3.05) is 7.05 Å². The average molecular weight is 116 g/mol. The van der Waals surface area contributed by atoms with Crippen LogP contribution < -0.4 is 5.32 Å². The van der Waals surface area contributed by atoms with Crippen LogP contribution in [0.2, 0.25) is 0 Å². The Morgan fingerprint density at radius 1 is 1.86 bits per heavy atom. The molecule has 0 bridgehead atoms. The minimum Gasteiger partial charge on any atom is -0.341 e.